The Morgan fingerprint density at radius 3 is 1.95 bits per heavy atom. The maximum absolute atomic E-state index is 11.6. The van der Waals surface area contributed by atoms with Gasteiger partial charge in [-0.25, -0.2) is 4.79 Å². The minimum atomic E-state index is -0.693. The summed E-state index contributed by atoms with van der Waals surface area (Å²) in [5, 5.41) is 8.42. The normalized spacial score (nSPS) is 10.1. The fraction of sp³-hybridized carbons (Fsp3) is 0.214. The molecule has 0 spiro atoms. The van der Waals surface area contributed by atoms with Gasteiger partial charge in [-0.15, -0.1) is 0 Å². The number of benzene rings is 3. The van der Waals surface area contributed by atoms with Crippen molar-refractivity contribution in [3.05, 3.63) is 92.4 Å². The summed E-state index contributed by atoms with van der Waals surface area (Å²) >= 11 is 17.6. The van der Waals surface area contributed by atoms with Crippen LogP contribution in [0.5, 0.6) is 11.5 Å². The van der Waals surface area contributed by atoms with E-state index in [-0.39, 0.29) is 18.1 Å². The summed E-state index contributed by atoms with van der Waals surface area (Å²) in [6, 6.07) is 17.3. The number of hydrogen-bond donors (Lipinski definition) is 0. The van der Waals surface area contributed by atoms with Crippen LogP contribution in [0, 0.1) is 6.92 Å². The van der Waals surface area contributed by atoms with Crippen molar-refractivity contribution in [1.29, 1.82) is 0 Å². The highest BCUT2D eigenvalue weighted by molar-refractivity contribution is 6.35. The van der Waals surface area contributed by atoms with Gasteiger partial charge in [0.1, 0.15) is 11.5 Å². The molecule has 0 aliphatic rings. The largest absolute Gasteiger partial charge is 0.492 e. The van der Waals surface area contributed by atoms with Gasteiger partial charge in [-0.1, -0.05) is 89.3 Å². The molecule has 0 saturated heterocycles. The van der Waals surface area contributed by atoms with Crippen LogP contribution in [-0.2, 0) is 19.3 Å². The third kappa shape index (κ3) is 13.7. The highest BCUT2D eigenvalue weighted by atomic mass is 35.5. The van der Waals surface area contributed by atoms with Crippen LogP contribution in [0.15, 0.2) is 71.0 Å². The zero-order valence-electron chi connectivity index (χ0n) is 21.9. The van der Waals surface area contributed by atoms with Crippen LogP contribution in [0.25, 0.3) is 0 Å². The van der Waals surface area contributed by atoms with E-state index in [1.165, 1.54) is 18.5 Å². The molecule has 0 bridgehead atoms. The van der Waals surface area contributed by atoms with Crippen molar-refractivity contribution in [1.82, 2.24) is 0 Å². The number of hydrogen-bond acceptors (Lipinski definition) is 8. The maximum atomic E-state index is 11.6. The van der Waals surface area contributed by atoms with Crippen LogP contribution in [-0.4, -0.2) is 38.1 Å². The maximum Gasteiger partial charge on any atom is 0.372 e. The summed E-state index contributed by atoms with van der Waals surface area (Å²) in [5.41, 5.74) is 2.56. The molecule has 3 rings (SSSR count). The van der Waals surface area contributed by atoms with Crippen molar-refractivity contribution in [2.45, 2.75) is 27.7 Å². The van der Waals surface area contributed by atoms with E-state index in [1.54, 1.807) is 36.4 Å². The first-order valence-electron chi connectivity index (χ1n) is 11.7. The highest BCUT2D eigenvalue weighted by Gasteiger charge is 2.07. The lowest BCUT2D eigenvalue weighted by Crippen LogP contribution is -2.12. The molecule has 0 aliphatic heterocycles. The molecule has 39 heavy (non-hydrogen) atoms. The van der Waals surface area contributed by atoms with Crippen LogP contribution < -0.4 is 9.47 Å². The average Bonchev–Trinajstić information content (AvgIpc) is 2.92. The van der Waals surface area contributed by atoms with E-state index in [1.807, 2.05) is 45.9 Å². The number of aryl methyl sites for hydroxylation is 1. The summed E-state index contributed by atoms with van der Waals surface area (Å²) < 4.78 is 10.5. The van der Waals surface area contributed by atoms with Crippen LogP contribution in [0.2, 0.25) is 15.1 Å². The van der Waals surface area contributed by atoms with Crippen molar-refractivity contribution < 1.29 is 28.7 Å². The van der Waals surface area contributed by atoms with Gasteiger partial charge in [-0.05, 0) is 60.9 Å². The van der Waals surface area contributed by atoms with E-state index in [2.05, 4.69) is 15.1 Å². The minimum Gasteiger partial charge on any atom is -0.492 e. The molecular formula is C28H29Cl3N2O6. The van der Waals surface area contributed by atoms with Gasteiger partial charge in [0.05, 0.1) is 29.1 Å². The molecule has 11 heteroatoms. The number of carbonyl (C=O) groups excluding carboxylic acids is 2. The summed E-state index contributed by atoms with van der Waals surface area (Å²) in [4.78, 5) is 30.5. The standard InChI is InChI=1S/C17H12Cl2N2O5.C9H11ClO.C2H6/c18-14-5-6-16(15(19)7-14)24-10-17(23)26-21-9-13-3-1-12(2-4-13)8-20-25-11-22;1-3-11-9-5-4-7(2)6-8(9)10;1-2/h1-9,11H,10H2;4-6H,3H2,1-2H3;1-2H3/b20-8+,21-9+;;. The van der Waals surface area contributed by atoms with E-state index in [9.17, 15) is 9.59 Å². The lowest BCUT2D eigenvalue weighted by atomic mass is 10.2. The lowest BCUT2D eigenvalue weighted by Gasteiger charge is -2.06. The molecule has 0 atom stereocenters. The van der Waals surface area contributed by atoms with Crippen molar-refractivity contribution in [2.75, 3.05) is 13.2 Å². The number of nitrogens with zero attached hydrogens (tertiary/aromatic N) is 2. The minimum absolute atomic E-state index is 0.219. The number of carbonyl (C=O) groups is 2. The monoisotopic (exact) mass is 594 g/mol. The number of ether oxygens (including phenoxy) is 2. The molecule has 0 saturated carbocycles. The summed E-state index contributed by atoms with van der Waals surface area (Å²) in [7, 11) is 0. The van der Waals surface area contributed by atoms with Gasteiger partial charge in [-0.2, -0.15) is 0 Å². The third-order valence-corrected chi connectivity index (χ3v) is 5.05. The Morgan fingerprint density at radius 1 is 0.821 bits per heavy atom. The molecular weight excluding hydrogens is 567 g/mol. The van der Waals surface area contributed by atoms with E-state index in [4.69, 9.17) is 49.1 Å². The number of halogens is 3. The van der Waals surface area contributed by atoms with E-state index in [0.717, 1.165) is 11.3 Å². The molecule has 0 fully saturated rings. The molecule has 8 nitrogen and oxygen atoms in total. The molecule has 0 heterocycles. The predicted molar refractivity (Wildman–Crippen MR) is 156 cm³/mol. The van der Waals surface area contributed by atoms with Gasteiger partial charge in [0, 0.05) is 5.02 Å². The van der Waals surface area contributed by atoms with Gasteiger partial charge in [0.15, 0.2) is 6.61 Å². The van der Waals surface area contributed by atoms with Crippen molar-refractivity contribution in [3.63, 3.8) is 0 Å². The Morgan fingerprint density at radius 2 is 1.38 bits per heavy atom. The van der Waals surface area contributed by atoms with Crippen molar-refractivity contribution in [3.8, 4) is 11.5 Å². The second-order valence-corrected chi connectivity index (χ2v) is 8.28. The average molecular weight is 596 g/mol. The molecule has 0 unspecified atom stereocenters. The Labute approximate surface area is 243 Å². The molecule has 3 aromatic carbocycles. The molecule has 3 aromatic rings. The highest BCUT2D eigenvalue weighted by Crippen LogP contribution is 2.27. The van der Waals surface area contributed by atoms with Gasteiger partial charge in [0.2, 0.25) is 0 Å². The molecule has 0 aliphatic carbocycles. The van der Waals surface area contributed by atoms with Crippen LogP contribution in [0.4, 0.5) is 0 Å². The SMILES string of the molecule is CC.CCOc1ccc(C)cc1Cl.O=CO/N=C/c1ccc(/C=N/OC(=O)COc2ccc(Cl)cc2Cl)cc1. The molecule has 0 amide bonds. The number of oxime groups is 2. The van der Waals surface area contributed by atoms with Crippen molar-refractivity contribution in [2.24, 2.45) is 10.3 Å². The topological polar surface area (TPSA) is 95.8 Å². The first-order valence-corrected chi connectivity index (χ1v) is 12.9. The summed E-state index contributed by atoms with van der Waals surface area (Å²) in [6.45, 7) is 8.46. The first-order chi connectivity index (χ1) is 18.8. The predicted octanol–water partition coefficient (Wildman–Crippen LogP) is 7.53. The second-order valence-electron chi connectivity index (χ2n) is 7.03. The van der Waals surface area contributed by atoms with E-state index < -0.39 is 5.97 Å². The number of rotatable bonds is 10. The summed E-state index contributed by atoms with van der Waals surface area (Å²) in [5.74, 6) is 0.384. The van der Waals surface area contributed by atoms with Crippen LogP contribution in [0.1, 0.15) is 37.5 Å². The van der Waals surface area contributed by atoms with Gasteiger partial charge in [-0.3, -0.25) is 4.79 Å². The van der Waals surface area contributed by atoms with Gasteiger partial charge < -0.3 is 19.1 Å². The summed E-state index contributed by atoms with van der Waals surface area (Å²) in [6.07, 6.45) is 2.73. The first kappa shape index (κ1) is 33.4. The molecule has 0 aromatic heterocycles. The lowest BCUT2D eigenvalue weighted by molar-refractivity contribution is -0.145. The molecule has 0 N–H and O–H groups in total. The Bertz CT molecular complexity index is 1230. The Kier molecular flexibility index (Phi) is 16.7. The molecule has 208 valence electrons. The third-order valence-electron chi connectivity index (χ3n) is 4.23. The smallest absolute Gasteiger partial charge is 0.372 e. The Balaban J connectivity index is 0.000000487. The zero-order valence-corrected chi connectivity index (χ0v) is 24.2. The fourth-order valence-electron chi connectivity index (χ4n) is 2.56. The van der Waals surface area contributed by atoms with Gasteiger partial charge >= 0.3 is 12.4 Å². The quantitative estimate of drug-likeness (QED) is 0.104. The fourth-order valence-corrected chi connectivity index (χ4v) is 3.32. The Hall–Kier alpha value is -3.59. The zero-order chi connectivity index (χ0) is 29.0. The van der Waals surface area contributed by atoms with E-state index >= 15 is 0 Å². The molecule has 0 radical (unpaired) electrons. The van der Waals surface area contributed by atoms with Gasteiger partial charge in [0.25, 0.3) is 0 Å². The van der Waals surface area contributed by atoms with Crippen LogP contribution in [0.3, 0.4) is 0 Å². The van der Waals surface area contributed by atoms with Crippen molar-refractivity contribution >= 4 is 59.7 Å². The second kappa shape index (κ2) is 19.5. The van der Waals surface area contributed by atoms with E-state index in [0.29, 0.717) is 33.5 Å². The van der Waals surface area contributed by atoms with Crippen LogP contribution >= 0.6 is 34.8 Å².